The van der Waals surface area contributed by atoms with Crippen molar-refractivity contribution in [1.29, 1.82) is 0 Å². The van der Waals surface area contributed by atoms with Crippen LogP contribution in [0.15, 0.2) is 57.9 Å². The Bertz CT molecular complexity index is 1730. The monoisotopic (exact) mass is 584 g/mol. The van der Waals surface area contributed by atoms with Crippen molar-refractivity contribution in [3.8, 4) is 16.9 Å². The number of pyridine rings is 1. The summed E-state index contributed by atoms with van der Waals surface area (Å²) in [6, 6.07) is 10.2. The third-order valence-corrected chi connectivity index (χ3v) is 7.79. The number of alkyl halides is 3. The first-order valence-electron chi connectivity index (χ1n) is 13.2. The second kappa shape index (κ2) is 10.5. The fourth-order valence-electron chi connectivity index (χ4n) is 5.40. The second-order valence-electron chi connectivity index (χ2n) is 10.3. The molecule has 4 aromatic rings. The number of aromatic nitrogens is 2. The minimum atomic E-state index is -4.68. The molecule has 6 rings (SSSR count). The first-order chi connectivity index (χ1) is 20.0. The van der Waals surface area contributed by atoms with Crippen LogP contribution in [0.3, 0.4) is 0 Å². The molecule has 220 valence electrons. The number of nitrogens with zero attached hydrogens (tertiary/aromatic N) is 4. The normalized spacial score (nSPS) is 17.7. The quantitative estimate of drug-likeness (QED) is 0.338. The molecule has 2 saturated heterocycles. The van der Waals surface area contributed by atoms with Gasteiger partial charge in [-0.2, -0.15) is 18.2 Å². The number of rotatable bonds is 7. The summed E-state index contributed by atoms with van der Waals surface area (Å²) in [6.45, 7) is 1.95. The lowest BCUT2D eigenvalue weighted by atomic mass is 10.0. The van der Waals surface area contributed by atoms with Crippen molar-refractivity contribution < 1.29 is 37.0 Å². The van der Waals surface area contributed by atoms with Gasteiger partial charge in [-0.25, -0.2) is 4.79 Å². The Morgan fingerprint density at radius 2 is 1.76 bits per heavy atom. The van der Waals surface area contributed by atoms with Gasteiger partial charge in [-0.1, -0.05) is 6.07 Å². The third-order valence-electron chi connectivity index (χ3n) is 7.79. The molecule has 42 heavy (non-hydrogen) atoms. The SMILES string of the molecule is COC1CN(c2nc3ccc(-n4cc(C(=O)O)c(=O)cc4-c4ccc(N5CCC(OC)C5)c(C(F)(F)F)c4)cc3o2)C1. The zero-order valence-electron chi connectivity index (χ0n) is 22.7. The molecule has 0 aliphatic carbocycles. The highest BCUT2D eigenvalue weighted by Gasteiger charge is 2.37. The molecule has 0 bridgehead atoms. The Hall–Kier alpha value is -4.36. The number of oxazole rings is 1. The summed E-state index contributed by atoms with van der Waals surface area (Å²) in [5, 5.41) is 9.64. The lowest BCUT2D eigenvalue weighted by Crippen LogP contribution is -2.52. The minimum Gasteiger partial charge on any atom is -0.477 e. The van der Waals surface area contributed by atoms with Gasteiger partial charge in [-0.15, -0.1) is 0 Å². The third kappa shape index (κ3) is 4.98. The van der Waals surface area contributed by atoms with Gasteiger partial charge in [-0.3, -0.25) is 4.79 Å². The van der Waals surface area contributed by atoms with Crippen molar-refractivity contribution in [1.82, 2.24) is 9.55 Å². The topological polar surface area (TPSA) is 110 Å². The molecule has 2 aliphatic rings. The molecule has 0 spiro atoms. The van der Waals surface area contributed by atoms with E-state index in [0.29, 0.717) is 55.4 Å². The molecule has 13 heteroatoms. The summed E-state index contributed by atoms with van der Waals surface area (Å²) in [5.74, 6) is -1.46. The van der Waals surface area contributed by atoms with E-state index in [1.807, 2.05) is 4.90 Å². The number of hydrogen-bond donors (Lipinski definition) is 1. The van der Waals surface area contributed by atoms with Gasteiger partial charge >= 0.3 is 12.1 Å². The number of hydrogen-bond acceptors (Lipinski definition) is 8. The summed E-state index contributed by atoms with van der Waals surface area (Å²) < 4.78 is 60.9. The molecular weight excluding hydrogens is 557 g/mol. The summed E-state index contributed by atoms with van der Waals surface area (Å²) >= 11 is 0. The van der Waals surface area contributed by atoms with E-state index in [1.54, 1.807) is 30.2 Å². The van der Waals surface area contributed by atoms with Gasteiger partial charge < -0.3 is 33.4 Å². The molecule has 1 unspecified atom stereocenters. The largest absolute Gasteiger partial charge is 0.477 e. The van der Waals surface area contributed by atoms with E-state index in [4.69, 9.17) is 13.9 Å². The van der Waals surface area contributed by atoms with E-state index in [9.17, 15) is 27.9 Å². The highest BCUT2D eigenvalue weighted by atomic mass is 19.4. The van der Waals surface area contributed by atoms with Crippen LogP contribution in [0.2, 0.25) is 0 Å². The number of benzene rings is 2. The van der Waals surface area contributed by atoms with Gasteiger partial charge in [0.2, 0.25) is 0 Å². The van der Waals surface area contributed by atoms with Crippen molar-refractivity contribution in [2.45, 2.75) is 24.8 Å². The predicted molar refractivity (Wildman–Crippen MR) is 148 cm³/mol. The van der Waals surface area contributed by atoms with Gasteiger partial charge in [-0.05, 0) is 36.2 Å². The van der Waals surface area contributed by atoms with Crippen LogP contribution < -0.4 is 15.2 Å². The number of aromatic carboxylic acids is 1. The molecule has 2 fully saturated rings. The van der Waals surface area contributed by atoms with E-state index in [0.717, 1.165) is 18.3 Å². The van der Waals surface area contributed by atoms with Crippen LogP contribution in [0.1, 0.15) is 22.3 Å². The van der Waals surface area contributed by atoms with Crippen molar-refractivity contribution in [3.05, 3.63) is 70.0 Å². The minimum absolute atomic E-state index is 0.0131. The van der Waals surface area contributed by atoms with E-state index >= 15 is 0 Å². The van der Waals surface area contributed by atoms with Gasteiger partial charge in [0, 0.05) is 57.0 Å². The number of anilines is 2. The number of fused-ring (bicyclic) bond motifs is 1. The van der Waals surface area contributed by atoms with Crippen LogP contribution in [-0.4, -0.2) is 73.2 Å². The molecule has 1 N–H and O–H groups in total. The average molecular weight is 585 g/mol. The van der Waals surface area contributed by atoms with Crippen molar-refractivity contribution in [2.75, 3.05) is 50.2 Å². The van der Waals surface area contributed by atoms with Crippen molar-refractivity contribution in [2.24, 2.45) is 0 Å². The first kappa shape index (κ1) is 27.8. The number of ether oxygens (including phenoxy) is 2. The van der Waals surface area contributed by atoms with Gasteiger partial charge in [0.1, 0.15) is 11.1 Å². The average Bonchev–Trinajstić information content (AvgIpc) is 3.58. The Balaban J connectivity index is 1.46. The molecule has 1 atom stereocenters. The highest BCUT2D eigenvalue weighted by Crippen LogP contribution is 2.40. The Kier molecular flexibility index (Phi) is 6.93. The van der Waals surface area contributed by atoms with Crippen LogP contribution in [0.4, 0.5) is 24.9 Å². The molecule has 4 heterocycles. The molecule has 2 aromatic heterocycles. The number of carbonyl (C=O) groups is 1. The van der Waals surface area contributed by atoms with E-state index in [1.165, 1.54) is 23.8 Å². The summed E-state index contributed by atoms with van der Waals surface area (Å²) in [6.07, 6.45) is -3.07. The first-order valence-corrected chi connectivity index (χ1v) is 13.2. The van der Waals surface area contributed by atoms with Crippen LogP contribution in [0, 0.1) is 0 Å². The van der Waals surface area contributed by atoms with Gasteiger partial charge in [0.15, 0.2) is 11.0 Å². The van der Waals surface area contributed by atoms with Crippen LogP contribution in [-0.2, 0) is 15.7 Å². The van der Waals surface area contributed by atoms with Crippen molar-refractivity contribution in [3.63, 3.8) is 0 Å². The lowest BCUT2D eigenvalue weighted by molar-refractivity contribution is -0.137. The molecule has 0 radical (unpaired) electrons. The fraction of sp³-hybridized carbons (Fsp3) is 0.345. The number of halogens is 3. The highest BCUT2D eigenvalue weighted by molar-refractivity contribution is 5.88. The van der Waals surface area contributed by atoms with Gasteiger partial charge in [0.05, 0.1) is 36.6 Å². The Morgan fingerprint density at radius 3 is 2.43 bits per heavy atom. The van der Waals surface area contributed by atoms with Crippen LogP contribution in [0.5, 0.6) is 0 Å². The van der Waals surface area contributed by atoms with E-state index in [-0.39, 0.29) is 29.2 Å². The lowest BCUT2D eigenvalue weighted by Gasteiger charge is -2.36. The molecule has 10 nitrogen and oxygen atoms in total. The van der Waals surface area contributed by atoms with Crippen LogP contribution in [0.25, 0.3) is 28.0 Å². The number of methoxy groups -OCH3 is 2. The molecule has 0 amide bonds. The Labute approximate surface area is 237 Å². The maximum Gasteiger partial charge on any atom is 0.418 e. The molecule has 0 saturated carbocycles. The Morgan fingerprint density at radius 1 is 1.02 bits per heavy atom. The number of carboxylic acids is 1. The zero-order valence-corrected chi connectivity index (χ0v) is 22.7. The van der Waals surface area contributed by atoms with E-state index in [2.05, 4.69) is 4.98 Å². The van der Waals surface area contributed by atoms with Gasteiger partial charge in [0.25, 0.3) is 6.01 Å². The smallest absolute Gasteiger partial charge is 0.418 e. The summed E-state index contributed by atoms with van der Waals surface area (Å²) in [7, 11) is 3.16. The van der Waals surface area contributed by atoms with Crippen LogP contribution >= 0.6 is 0 Å². The standard InChI is InChI=1S/C29H27F3N4O6/c1-40-18-7-8-34(12-18)23-6-3-16(9-21(23)29(30,31)32)24-11-25(37)20(27(38)39)15-36(24)17-4-5-22-26(10-17)42-28(33-22)35-13-19(14-35)41-2/h3-6,9-11,15,18-19H,7-8,12-14H2,1-2H3,(H,38,39). The zero-order chi connectivity index (χ0) is 29.8. The maximum absolute atomic E-state index is 14.3. The molecule has 2 aromatic carbocycles. The summed E-state index contributed by atoms with van der Waals surface area (Å²) in [4.78, 5) is 32.6. The second-order valence-corrected chi connectivity index (χ2v) is 10.3. The summed E-state index contributed by atoms with van der Waals surface area (Å²) in [5.41, 5.74) is -0.730. The molecular formula is C29H27F3N4O6. The number of carboxylic acid groups (broad SMARTS) is 1. The van der Waals surface area contributed by atoms with Crippen molar-refractivity contribution >= 4 is 28.8 Å². The maximum atomic E-state index is 14.3. The predicted octanol–water partition coefficient (Wildman–Crippen LogP) is 4.42. The fourth-order valence-corrected chi connectivity index (χ4v) is 5.40. The molecule has 2 aliphatic heterocycles. The van der Waals surface area contributed by atoms with E-state index < -0.39 is 28.7 Å².